The van der Waals surface area contributed by atoms with E-state index in [1.54, 1.807) is 7.11 Å². The number of aryl methyl sites for hydroxylation is 1. The third-order valence-corrected chi connectivity index (χ3v) is 5.21. The van der Waals surface area contributed by atoms with Crippen LogP contribution in [0.15, 0.2) is 18.2 Å². The van der Waals surface area contributed by atoms with Crippen LogP contribution in [0, 0.1) is 5.92 Å². The van der Waals surface area contributed by atoms with Crippen LogP contribution in [0.2, 0.25) is 0 Å². The summed E-state index contributed by atoms with van der Waals surface area (Å²) in [5.74, 6) is 1.60. The maximum Gasteiger partial charge on any atom is 0.119 e. The molecule has 104 valence electrons. The van der Waals surface area contributed by atoms with Crippen LogP contribution in [0.25, 0.3) is 0 Å². The second-order valence-corrected chi connectivity index (χ2v) is 6.25. The van der Waals surface area contributed by atoms with Crippen molar-refractivity contribution in [2.24, 2.45) is 11.7 Å². The fourth-order valence-corrected chi connectivity index (χ4v) is 4.03. The Labute approximate surface area is 116 Å². The van der Waals surface area contributed by atoms with Gasteiger partial charge in [0, 0.05) is 5.54 Å². The average molecular weight is 259 g/mol. The zero-order chi connectivity index (χ0) is 13.3. The third kappa shape index (κ3) is 2.27. The van der Waals surface area contributed by atoms with Gasteiger partial charge in [-0.05, 0) is 54.9 Å². The molecule has 0 amide bonds. The number of ether oxygens (including phenoxy) is 1. The van der Waals surface area contributed by atoms with Gasteiger partial charge in [0.15, 0.2) is 0 Å². The first kappa shape index (κ1) is 13.0. The SMILES string of the molecule is COc1ccc2c(c1)C(N)(C1CCCCCC1)CC2. The van der Waals surface area contributed by atoms with E-state index in [1.807, 2.05) is 0 Å². The number of hydrogen-bond donors (Lipinski definition) is 1. The first-order valence-electron chi connectivity index (χ1n) is 7.70. The molecule has 0 saturated heterocycles. The predicted molar refractivity (Wildman–Crippen MR) is 78.4 cm³/mol. The maximum absolute atomic E-state index is 6.88. The Morgan fingerprint density at radius 2 is 1.89 bits per heavy atom. The minimum Gasteiger partial charge on any atom is -0.497 e. The minimum atomic E-state index is -0.103. The smallest absolute Gasteiger partial charge is 0.119 e. The van der Waals surface area contributed by atoms with E-state index in [2.05, 4.69) is 18.2 Å². The summed E-state index contributed by atoms with van der Waals surface area (Å²) in [6.45, 7) is 0. The van der Waals surface area contributed by atoms with Crippen LogP contribution in [-0.4, -0.2) is 7.11 Å². The van der Waals surface area contributed by atoms with Crippen molar-refractivity contribution in [3.05, 3.63) is 29.3 Å². The average Bonchev–Trinajstić information content (AvgIpc) is 2.65. The van der Waals surface area contributed by atoms with E-state index in [0.717, 1.165) is 18.6 Å². The van der Waals surface area contributed by atoms with Crippen molar-refractivity contribution in [3.63, 3.8) is 0 Å². The molecule has 0 heterocycles. The lowest BCUT2D eigenvalue weighted by Gasteiger charge is -2.35. The summed E-state index contributed by atoms with van der Waals surface area (Å²) in [6, 6.07) is 6.46. The molecule has 0 aliphatic heterocycles. The predicted octanol–water partition coefficient (Wildman–Crippen LogP) is 3.77. The number of fused-ring (bicyclic) bond motifs is 1. The lowest BCUT2D eigenvalue weighted by molar-refractivity contribution is 0.244. The van der Waals surface area contributed by atoms with Crippen LogP contribution in [0.3, 0.4) is 0 Å². The van der Waals surface area contributed by atoms with Gasteiger partial charge in [-0.25, -0.2) is 0 Å². The molecule has 2 N–H and O–H groups in total. The highest BCUT2D eigenvalue weighted by Gasteiger charge is 2.41. The van der Waals surface area contributed by atoms with Gasteiger partial charge in [-0.3, -0.25) is 0 Å². The van der Waals surface area contributed by atoms with Crippen molar-refractivity contribution in [1.82, 2.24) is 0 Å². The van der Waals surface area contributed by atoms with Gasteiger partial charge in [-0.1, -0.05) is 31.7 Å². The topological polar surface area (TPSA) is 35.2 Å². The largest absolute Gasteiger partial charge is 0.497 e. The highest BCUT2D eigenvalue weighted by Crippen LogP contribution is 2.46. The Bertz CT molecular complexity index is 449. The van der Waals surface area contributed by atoms with Gasteiger partial charge in [-0.2, -0.15) is 0 Å². The van der Waals surface area contributed by atoms with E-state index in [9.17, 15) is 0 Å². The van der Waals surface area contributed by atoms with Crippen molar-refractivity contribution >= 4 is 0 Å². The molecule has 3 rings (SSSR count). The van der Waals surface area contributed by atoms with E-state index in [-0.39, 0.29) is 5.54 Å². The second-order valence-electron chi connectivity index (χ2n) is 6.25. The van der Waals surface area contributed by atoms with Gasteiger partial charge in [0.1, 0.15) is 5.75 Å². The van der Waals surface area contributed by atoms with E-state index in [4.69, 9.17) is 10.5 Å². The van der Waals surface area contributed by atoms with Crippen LogP contribution in [0.4, 0.5) is 0 Å². The number of hydrogen-bond acceptors (Lipinski definition) is 2. The molecule has 1 unspecified atom stereocenters. The lowest BCUT2D eigenvalue weighted by Crippen LogP contribution is -2.42. The molecule has 0 spiro atoms. The van der Waals surface area contributed by atoms with Crippen LogP contribution in [0.5, 0.6) is 5.75 Å². The Kier molecular flexibility index (Phi) is 3.53. The van der Waals surface area contributed by atoms with E-state index in [1.165, 1.54) is 49.7 Å². The number of rotatable bonds is 2. The van der Waals surface area contributed by atoms with E-state index >= 15 is 0 Å². The first-order valence-corrected chi connectivity index (χ1v) is 7.70. The summed E-state index contributed by atoms with van der Waals surface area (Å²) in [4.78, 5) is 0. The summed E-state index contributed by atoms with van der Waals surface area (Å²) < 4.78 is 5.39. The van der Waals surface area contributed by atoms with Crippen LogP contribution < -0.4 is 10.5 Å². The van der Waals surface area contributed by atoms with E-state index < -0.39 is 0 Å². The Hall–Kier alpha value is -1.02. The molecule has 19 heavy (non-hydrogen) atoms. The summed E-state index contributed by atoms with van der Waals surface area (Å²) in [7, 11) is 1.74. The monoisotopic (exact) mass is 259 g/mol. The van der Waals surface area contributed by atoms with Crippen molar-refractivity contribution in [3.8, 4) is 5.75 Å². The van der Waals surface area contributed by atoms with Crippen molar-refractivity contribution in [2.45, 2.75) is 56.9 Å². The molecule has 2 nitrogen and oxygen atoms in total. The lowest BCUT2D eigenvalue weighted by atomic mass is 9.76. The Morgan fingerprint density at radius 3 is 2.58 bits per heavy atom. The third-order valence-electron chi connectivity index (χ3n) is 5.21. The fourth-order valence-electron chi connectivity index (χ4n) is 4.03. The maximum atomic E-state index is 6.88. The molecule has 1 aromatic rings. The highest BCUT2D eigenvalue weighted by molar-refractivity contribution is 5.44. The standard InChI is InChI=1S/C17H25NO/c1-19-15-9-8-13-10-11-17(18,16(13)12-15)14-6-4-2-3-5-7-14/h8-9,12,14H,2-7,10-11,18H2,1H3. The van der Waals surface area contributed by atoms with Crippen molar-refractivity contribution < 1.29 is 4.74 Å². The van der Waals surface area contributed by atoms with Gasteiger partial charge in [-0.15, -0.1) is 0 Å². The molecular formula is C17H25NO. The minimum absolute atomic E-state index is 0.103. The number of benzene rings is 1. The van der Waals surface area contributed by atoms with Crippen LogP contribution in [-0.2, 0) is 12.0 Å². The van der Waals surface area contributed by atoms with Crippen molar-refractivity contribution in [2.75, 3.05) is 7.11 Å². The van der Waals surface area contributed by atoms with Gasteiger partial charge in [0.25, 0.3) is 0 Å². The van der Waals surface area contributed by atoms with Crippen LogP contribution >= 0.6 is 0 Å². The zero-order valence-electron chi connectivity index (χ0n) is 12.0. The van der Waals surface area contributed by atoms with Gasteiger partial charge in [0.2, 0.25) is 0 Å². The molecule has 1 fully saturated rings. The molecular weight excluding hydrogens is 234 g/mol. The van der Waals surface area contributed by atoms with Crippen LogP contribution in [0.1, 0.15) is 56.1 Å². The molecule has 2 aliphatic rings. The molecule has 1 saturated carbocycles. The second kappa shape index (κ2) is 5.16. The highest BCUT2D eigenvalue weighted by atomic mass is 16.5. The molecule has 0 aromatic heterocycles. The molecule has 2 aliphatic carbocycles. The summed E-state index contributed by atoms with van der Waals surface area (Å²) in [6.07, 6.45) is 10.3. The molecule has 0 radical (unpaired) electrons. The summed E-state index contributed by atoms with van der Waals surface area (Å²) in [5.41, 5.74) is 9.58. The fraction of sp³-hybridized carbons (Fsp3) is 0.647. The number of methoxy groups -OCH3 is 1. The van der Waals surface area contributed by atoms with Gasteiger partial charge in [0.05, 0.1) is 7.11 Å². The zero-order valence-corrected chi connectivity index (χ0v) is 12.0. The quantitative estimate of drug-likeness (QED) is 0.821. The Morgan fingerprint density at radius 1 is 1.16 bits per heavy atom. The molecule has 0 bridgehead atoms. The normalized spacial score (nSPS) is 27.9. The van der Waals surface area contributed by atoms with Gasteiger partial charge < -0.3 is 10.5 Å². The molecule has 1 atom stereocenters. The molecule has 2 heteroatoms. The Balaban J connectivity index is 1.93. The number of nitrogens with two attached hydrogens (primary N) is 1. The molecule has 1 aromatic carbocycles. The summed E-state index contributed by atoms with van der Waals surface area (Å²) >= 11 is 0. The van der Waals surface area contributed by atoms with Crippen molar-refractivity contribution in [1.29, 1.82) is 0 Å². The van der Waals surface area contributed by atoms with E-state index in [0.29, 0.717) is 5.92 Å². The summed E-state index contributed by atoms with van der Waals surface area (Å²) in [5, 5.41) is 0. The first-order chi connectivity index (χ1) is 9.24. The van der Waals surface area contributed by atoms with Gasteiger partial charge >= 0.3 is 0 Å².